The predicted molar refractivity (Wildman–Crippen MR) is 111 cm³/mol. The summed E-state index contributed by atoms with van der Waals surface area (Å²) in [5, 5.41) is 4.56. The first-order valence-electron chi connectivity index (χ1n) is 8.57. The van der Waals surface area contributed by atoms with E-state index in [1.807, 2.05) is 0 Å². The second-order valence-electron chi connectivity index (χ2n) is 6.27. The van der Waals surface area contributed by atoms with E-state index in [9.17, 15) is 18.0 Å². The van der Waals surface area contributed by atoms with Crippen molar-refractivity contribution in [2.24, 2.45) is 5.14 Å². The van der Waals surface area contributed by atoms with E-state index in [0.717, 1.165) is 16.7 Å². The van der Waals surface area contributed by atoms with E-state index in [-0.39, 0.29) is 16.7 Å². The van der Waals surface area contributed by atoms with E-state index in [2.05, 4.69) is 4.72 Å². The molecule has 3 heterocycles. The first kappa shape index (κ1) is 20.0. The lowest BCUT2D eigenvalue weighted by atomic mass is 10.1. The molecule has 2 aromatic heterocycles. The third-order valence-corrected chi connectivity index (χ3v) is 5.52. The number of hydrogen-bond donors (Lipinski definition) is 2. The predicted octanol–water partition coefficient (Wildman–Crippen LogP) is 3.39. The molecule has 0 unspecified atom stereocenters. The number of thioether (sulfide) groups is 1. The minimum atomic E-state index is -3.85. The van der Waals surface area contributed by atoms with E-state index in [1.54, 1.807) is 48.5 Å². The lowest BCUT2D eigenvalue weighted by Gasteiger charge is -2.09. The molecule has 0 aliphatic carbocycles. The van der Waals surface area contributed by atoms with Gasteiger partial charge < -0.3 is 8.83 Å². The summed E-state index contributed by atoms with van der Waals surface area (Å²) >= 11 is 0.831. The highest BCUT2D eigenvalue weighted by Gasteiger charge is 2.35. The van der Waals surface area contributed by atoms with Gasteiger partial charge in [-0.25, -0.2) is 5.14 Å². The minimum absolute atomic E-state index is 0.0668. The van der Waals surface area contributed by atoms with Gasteiger partial charge in [0, 0.05) is 17.3 Å². The average Bonchev–Trinajstić information content (AvgIpc) is 3.40. The molecule has 1 aromatic carbocycles. The normalized spacial score (nSPS) is 15.9. The Kier molecular flexibility index (Phi) is 5.24. The van der Waals surface area contributed by atoms with Crippen molar-refractivity contribution < 1.29 is 26.8 Å². The van der Waals surface area contributed by atoms with E-state index in [0.29, 0.717) is 28.5 Å². The second-order valence-corrected chi connectivity index (χ2v) is 8.56. The van der Waals surface area contributed by atoms with Crippen LogP contribution in [0.4, 0.5) is 10.5 Å². The van der Waals surface area contributed by atoms with Crippen LogP contribution in [0.25, 0.3) is 17.4 Å². The number of nitrogens with two attached hydrogens (primary N) is 1. The third kappa shape index (κ3) is 4.48. The smallest absolute Gasteiger partial charge is 0.296 e. The van der Waals surface area contributed by atoms with E-state index < -0.39 is 16.1 Å². The molecule has 0 atom stereocenters. The maximum absolute atomic E-state index is 12.5. The quantitative estimate of drug-likeness (QED) is 0.555. The molecule has 3 aromatic rings. The molecule has 0 spiro atoms. The fourth-order valence-corrected chi connectivity index (χ4v) is 4.06. The number of imide groups is 1. The topological polar surface area (TPSA) is 136 Å². The van der Waals surface area contributed by atoms with Crippen LogP contribution in [-0.2, 0) is 21.5 Å². The van der Waals surface area contributed by atoms with Crippen molar-refractivity contribution in [2.75, 3.05) is 4.72 Å². The summed E-state index contributed by atoms with van der Waals surface area (Å²) in [6, 6.07) is 13.2. The maximum atomic E-state index is 12.5. The first-order valence-corrected chi connectivity index (χ1v) is 10.9. The Hall–Kier alpha value is -3.28. The van der Waals surface area contributed by atoms with Gasteiger partial charge in [0.2, 0.25) is 0 Å². The number of nitrogens with one attached hydrogen (secondary N) is 1. The molecule has 1 aliphatic heterocycles. The highest BCUT2D eigenvalue weighted by atomic mass is 32.2. The second kappa shape index (κ2) is 7.86. The minimum Gasteiger partial charge on any atom is -0.467 e. The Morgan fingerprint density at radius 3 is 2.53 bits per heavy atom. The zero-order chi connectivity index (χ0) is 21.3. The molecule has 154 valence electrons. The number of furan rings is 2. The zero-order valence-corrected chi connectivity index (χ0v) is 16.9. The molecule has 4 rings (SSSR count). The van der Waals surface area contributed by atoms with Crippen LogP contribution in [-0.4, -0.2) is 24.5 Å². The Labute approximate surface area is 175 Å². The summed E-state index contributed by atoms with van der Waals surface area (Å²) in [4.78, 5) is 26.1. The van der Waals surface area contributed by atoms with Gasteiger partial charge in [0.15, 0.2) is 0 Å². The summed E-state index contributed by atoms with van der Waals surface area (Å²) in [7, 11) is -3.85. The SMILES string of the molecule is NS(=O)(=O)Nc1ccc(-c2ccc(C=C3SC(=O)N(Cc4ccco4)C3=O)o2)cc1. The number of nitrogens with zero attached hydrogens (tertiary/aromatic N) is 1. The number of carbonyl (C=O) groups excluding carboxylic acids is 2. The fourth-order valence-electron chi connectivity index (χ4n) is 2.78. The van der Waals surface area contributed by atoms with Crippen LogP contribution >= 0.6 is 11.8 Å². The van der Waals surface area contributed by atoms with Crippen LogP contribution in [0.1, 0.15) is 11.5 Å². The lowest BCUT2D eigenvalue weighted by Crippen LogP contribution is -2.27. The van der Waals surface area contributed by atoms with Crippen LogP contribution in [0, 0.1) is 0 Å². The van der Waals surface area contributed by atoms with E-state index in [4.69, 9.17) is 14.0 Å². The van der Waals surface area contributed by atoms with Gasteiger partial charge in [-0.3, -0.25) is 19.2 Å². The number of anilines is 1. The maximum Gasteiger partial charge on any atom is 0.296 e. The Balaban J connectivity index is 1.49. The molecule has 3 N–H and O–H groups in total. The van der Waals surface area contributed by atoms with Gasteiger partial charge in [0.05, 0.1) is 17.7 Å². The van der Waals surface area contributed by atoms with Crippen LogP contribution in [0.3, 0.4) is 0 Å². The Morgan fingerprint density at radius 1 is 1.10 bits per heavy atom. The molecule has 30 heavy (non-hydrogen) atoms. The number of rotatable bonds is 6. The van der Waals surface area contributed by atoms with Gasteiger partial charge in [-0.2, -0.15) is 8.42 Å². The number of hydrogen-bond acceptors (Lipinski definition) is 7. The standard InChI is InChI=1S/C19H15N3O6S2/c20-30(25,26)21-13-5-3-12(4-6-13)16-8-7-14(28-16)10-17-18(23)22(19(24)29-17)11-15-2-1-9-27-15/h1-10,21H,11H2,(H2,20,25,26). The molecule has 0 radical (unpaired) electrons. The summed E-state index contributed by atoms with van der Waals surface area (Å²) in [5.41, 5.74) is 1.01. The first-order chi connectivity index (χ1) is 14.3. The fraction of sp³-hybridized carbons (Fsp3) is 0.0526. The van der Waals surface area contributed by atoms with Crippen molar-refractivity contribution in [1.29, 1.82) is 0 Å². The van der Waals surface area contributed by atoms with Crippen molar-refractivity contribution in [1.82, 2.24) is 4.90 Å². The molecule has 9 nitrogen and oxygen atoms in total. The average molecular weight is 445 g/mol. The number of amides is 2. The molecule has 0 bridgehead atoms. The molecule has 1 saturated heterocycles. The molecule has 11 heteroatoms. The molecule has 1 aliphatic rings. The van der Waals surface area contributed by atoms with Gasteiger partial charge in [-0.05, 0) is 60.3 Å². The lowest BCUT2D eigenvalue weighted by molar-refractivity contribution is -0.123. The molecule has 2 amide bonds. The molecular formula is C19H15N3O6S2. The van der Waals surface area contributed by atoms with Crippen molar-refractivity contribution >= 4 is 44.9 Å². The molecule has 0 saturated carbocycles. The molecular weight excluding hydrogens is 430 g/mol. The van der Waals surface area contributed by atoms with Crippen LogP contribution in [0.5, 0.6) is 0 Å². The Bertz CT molecular complexity index is 1230. The summed E-state index contributed by atoms with van der Waals surface area (Å²) in [6.07, 6.45) is 2.99. The van der Waals surface area contributed by atoms with E-state index in [1.165, 1.54) is 12.3 Å². The van der Waals surface area contributed by atoms with E-state index >= 15 is 0 Å². The van der Waals surface area contributed by atoms with Crippen molar-refractivity contribution in [2.45, 2.75) is 6.54 Å². The summed E-state index contributed by atoms with van der Waals surface area (Å²) < 4.78 is 35.2. The summed E-state index contributed by atoms with van der Waals surface area (Å²) in [6.45, 7) is 0.0668. The van der Waals surface area contributed by atoms with Gasteiger partial charge in [0.25, 0.3) is 21.4 Å². The zero-order valence-electron chi connectivity index (χ0n) is 15.3. The van der Waals surface area contributed by atoms with Crippen molar-refractivity contribution in [3.8, 4) is 11.3 Å². The van der Waals surface area contributed by atoms with Crippen LogP contribution in [0.15, 0.2) is 68.5 Å². The Morgan fingerprint density at radius 2 is 1.87 bits per heavy atom. The highest BCUT2D eigenvalue weighted by molar-refractivity contribution is 8.18. The number of benzene rings is 1. The molecule has 1 fully saturated rings. The highest BCUT2D eigenvalue weighted by Crippen LogP contribution is 2.34. The number of carbonyl (C=O) groups is 2. The van der Waals surface area contributed by atoms with Gasteiger partial charge in [-0.1, -0.05) is 0 Å². The van der Waals surface area contributed by atoms with Gasteiger partial charge in [-0.15, -0.1) is 0 Å². The van der Waals surface area contributed by atoms with Crippen molar-refractivity contribution in [3.05, 3.63) is 71.2 Å². The third-order valence-electron chi connectivity index (χ3n) is 4.10. The largest absolute Gasteiger partial charge is 0.467 e. The van der Waals surface area contributed by atoms with Crippen molar-refractivity contribution in [3.63, 3.8) is 0 Å². The van der Waals surface area contributed by atoms with Crippen LogP contribution in [0.2, 0.25) is 0 Å². The summed E-state index contributed by atoms with van der Waals surface area (Å²) in [5.74, 6) is 1.01. The van der Waals surface area contributed by atoms with Gasteiger partial charge >= 0.3 is 0 Å². The monoisotopic (exact) mass is 445 g/mol. The van der Waals surface area contributed by atoms with Gasteiger partial charge in [0.1, 0.15) is 17.3 Å². The van der Waals surface area contributed by atoms with Crippen LogP contribution < -0.4 is 9.86 Å².